The maximum absolute atomic E-state index is 11.9. The van der Waals surface area contributed by atoms with Crippen molar-refractivity contribution in [2.24, 2.45) is 0 Å². The van der Waals surface area contributed by atoms with Crippen molar-refractivity contribution in [3.05, 3.63) is 42.4 Å². The molecule has 22 heavy (non-hydrogen) atoms. The molecule has 1 unspecified atom stereocenters. The van der Waals surface area contributed by atoms with Crippen molar-refractivity contribution >= 4 is 11.7 Å². The van der Waals surface area contributed by atoms with Crippen LogP contribution in [0.15, 0.2) is 36.7 Å². The largest absolute Gasteiger partial charge is 0.315 e. The summed E-state index contributed by atoms with van der Waals surface area (Å²) in [5.41, 5.74) is 1.02. The summed E-state index contributed by atoms with van der Waals surface area (Å²) in [5, 5.41) is 10.6. The highest BCUT2D eigenvalue weighted by atomic mass is 16.1. The molecule has 1 amide bonds. The van der Waals surface area contributed by atoms with Crippen molar-refractivity contribution in [2.45, 2.75) is 31.7 Å². The van der Waals surface area contributed by atoms with E-state index in [9.17, 15) is 4.79 Å². The average molecular weight is 299 g/mol. The predicted octanol–water partition coefficient (Wildman–Crippen LogP) is 1.77. The number of rotatable bonds is 6. The lowest BCUT2D eigenvalue weighted by molar-refractivity contribution is -0.116. The third-order valence-corrected chi connectivity index (χ3v) is 3.85. The van der Waals surface area contributed by atoms with Crippen LogP contribution in [0.5, 0.6) is 0 Å². The number of carbonyl (C=O) groups excluding carboxylic acids is 1. The van der Waals surface area contributed by atoms with Crippen LogP contribution in [0.4, 0.5) is 5.82 Å². The monoisotopic (exact) mass is 299 g/mol. The topological polar surface area (TPSA) is 71.8 Å². The van der Waals surface area contributed by atoms with Gasteiger partial charge in [-0.2, -0.15) is 5.10 Å². The molecule has 1 fully saturated rings. The molecule has 0 aromatic carbocycles. The van der Waals surface area contributed by atoms with Crippen molar-refractivity contribution in [3.63, 3.8) is 0 Å². The molecule has 1 aliphatic rings. The number of anilines is 1. The summed E-state index contributed by atoms with van der Waals surface area (Å²) in [7, 11) is 0. The van der Waals surface area contributed by atoms with Gasteiger partial charge in [0.15, 0.2) is 5.82 Å². The first-order valence-corrected chi connectivity index (χ1v) is 7.77. The number of nitrogens with zero attached hydrogens (tertiary/aromatic N) is 3. The van der Waals surface area contributed by atoms with Crippen molar-refractivity contribution in [1.82, 2.24) is 20.1 Å². The second-order valence-electron chi connectivity index (χ2n) is 5.55. The summed E-state index contributed by atoms with van der Waals surface area (Å²) in [4.78, 5) is 16.2. The third-order valence-electron chi connectivity index (χ3n) is 3.85. The van der Waals surface area contributed by atoms with E-state index in [1.54, 1.807) is 6.20 Å². The minimum absolute atomic E-state index is 0.00530. The lowest BCUT2D eigenvalue weighted by Gasteiger charge is -2.08. The number of amides is 1. The Bertz CT molecular complexity index is 604. The van der Waals surface area contributed by atoms with Gasteiger partial charge in [0.2, 0.25) is 5.91 Å². The lowest BCUT2D eigenvalue weighted by atomic mass is 10.2. The number of carbonyl (C=O) groups is 1. The summed E-state index contributed by atoms with van der Waals surface area (Å²) >= 11 is 0. The van der Waals surface area contributed by atoms with Gasteiger partial charge in [0.1, 0.15) is 0 Å². The zero-order valence-electron chi connectivity index (χ0n) is 12.5. The molecule has 0 spiro atoms. The number of hydrogen-bond donors (Lipinski definition) is 2. The molecule has 3 rings (SSSR count). The molecule has 0 bridgehead atoms. The van der Waals surface area contributed by atoms with E-state index in [2.05, 4.69) is 20.7 Å². The first-order valence-electron chi connectivity index (χ1n) is 7.77. The van der Waals surface area contributed by atoms with Crippen molar-refractivity contribution in [1.29, 1.82) is 0 Å². The van der Waals surface area contributed by atoms with E-state index in [-0.39, 0.29) is 5.91 Å². The minimum Gasteiger partial charge on any atom is -0.315 e. The molecule has 2 N–H and O–H groups in total. The van der Waals surface area contributed by atoms with Gasteiger partial charge in [-0.3, -0.25) is 14.5 Å². The molecule has 6 heteroatoms. The number of pyridine rings is 1. The Labute approximate surface area is 129 Å². The standard InChI is InChI=1S/C16H21N5O/c22-16(6-3-5-13-4-1-2-9-18-13)19-15-8-11-21(20-15)14-7-10-17-12-14/h1-2,4,8-9,11,14,17H,3,5-7,10,12H2,(H,19,20,22). The normalized spacial score (nSPS) is 17.5. The predicted molar refractivity (Wildman–Crippen MR) is 84.6 cm³/mol. The van der Waals surface area contributed by atoms with E-state index < -0.39 is 0 Å². The van der Waals surface area contributed by atoms with Crippen molar-refractivity contribution in [3.8, 4) is 0 Å². The van der Waals surface area contributed by atoms with E-state index in [1.165, 1.54) is 0 Å². The maximum atomic E-state index is 11.9. The van der Waals surface area contributed by atoms with Crippen LogP contribution in [-0.2, 0) is 11.2 Å². The fourth-order valence-corrected chi connectivity index (χ4v) is 2.65. The SMILES string of the molecule is O=C(CCCc1ccccn1)Nc1ccn(C2CCNC2)n1. The van der Waals surface area contributed by atoms with Crippen LogP contribution in [0.2, 0.25) is 0 Å². The van der Waals surface area contributed by atoms with Gasteiger partial charge in [0, 0.05) is 37.1 Å². The molecule has 0 radical (unpaired) electrons. The first kappa shape index (κ1) is 14.7. The van der Waals surface area contributed by atoms with E-state index in [1.807, 2.05) is 35.1 Å². The Morgan fingerprint density at radius 1 is 1.41 bits per heavy atom. The molecule has 1 aliphatic heterocycles. The van der Waals surface area contributed by atoms with Crippen LogP contribution in [-0.4, -0.2) is 33.8 Å². The van der Waals surface area contributed by atoms with Gasteiger partial charge in [-0.05, 0) is 37.9 Å². The van der Waals surface area contributed by atoms with Crippen LogP contribution in [0.1, 0.15) is 31.0 Å². The molecular formula is C16H21N5O. The Morgan fingerprint density at radius 2 is 2.36 bits per heavy atom. The smallest absolute Gasteiger partial charge is 0.225 e. The molecule has 0 saturated carbocycles. The Morgan fingerprint density at radius 3 is 3.14 bits per heavy atom. The van der Waals surface area contributed by atoms with Crippen molar-refractivity contribution in [2.75, 3.05) is 18.4 Å². The highest BCUT2D eigenvalue weighted by Crippen LogP contribution is 2.16. The van der Waals surface area contributed by atoms with Crippen molar-refractivity contribution < 1.29 is 4.79 Å². The lowest BCUT2D eigenvalue weighted by Crippen LogP contribution is -2.15. The molecule has 3 heterocycles. The molecule has 0 aliphatic carbocycles. The second kappa shape index (κ2) is 7.17. The van der Waals surface area contributed by atoms with E-state index in [0.717, 1.165) is 38.0 Å². The van der Waals surface area contributed by atoms with Crippen LogP contribution < -0.4 is 10.6 Å². The van der Waals surface area contributed by atoms with Gasteiger partial charge in [0.05, 0.1) is 6.04 Å². The average Bonchev–Trinajstić information content (AvgIpc) is 3.19. The zero-order chi connectivity index (χ0) is 15.2. The van der Waals surface area contributed by atoms with E-state index in [0.29, 0.717) is 18.3 Å². The summed E-state index contributed by atoms with van der Waals surface area (Å²) in [6, 6.07) is 8.10. The Hall–Kier alpha value is -2.21. The van der Waals surface area contributed by atoms with Gasteiger partial charge in [-0.1, -0.05) is 6.07 Å². The first-order chi connectivity index (χ1) is 10.8. The molecule has 6 nitrogen and oxygen atoms in total. The van der Waals surface area contributed by atoms with Gasteiger partial charge < -0.3 is 10.6 Å². The second-order valence-corrected chi connectivity index (χ2v) is 5.55. The van der Waals surface area contributed by atoms with Gasteiger partial charge in [-0.15, -0.1) is 0 Å². The van der Waals surface area contributed by atoms with E-state index in [4.69, 9.17) is 0 Å². The molecule has 2 aromatic rings. The maximum Gasteiger partial charge on any atom is 0.225 e. The molecule has 1 atom stereocenters. The highest BCUT2D eigenvalue weighted by Gasteiger charge is 2.17. The number of nitrogens with one attached hydrogen (secondary N) is 2. The number of hydrogen-bond acceptors (Lipinski definition) is 4. The fraction of sp³-hybridized carbons (Fsp3) is 0.438. The van der Waals surface area contributed by atoms with Crippen LogP contribution >= 0.6 is 0 Å². The molecule has 1 saturated heterocycles. The van der Waals surface area contributed by atoms with E-state index >= 15 is 0 Å². The van der Waals surface area contributed by atoms with Gasteiger partial charge in [0.25, 0.3) is 0 Å². The third kappa shape index (κ3) is 3.92. The minimum atomic E-state index is 0.00530. The van der Waals surface area contributed by atoms with Crippen LogP contribution in [0.25, 0.3) is 0 Å². The highest BCUT2D eigenvalue weighted by molar-refractivity contribution is 5.89. The molecular weight excluding hydrogens is 278 g/mol. The quantitative estimate of drug-likeness (QED) is 0.853. The molecule has 116 valence electrons. The number of aromatic nitrogens is 3. The van der Waals surface area contributed by atoms with Crippen LogP contribution in [0, 0.1) is 0 Å². The summed E-state index contributed by atoms with van der Waals surface area (Å²) in [6.07, 6.45) is 6.88. The Kier molecular flexibility index (Phi) is 4.80. The Balaban J connectivity index is 1.43. The summed E-state index contributed by atoms with van der Waals surface area (Å²) in [5.74, 6) is 0.639. The molecule has 2 aromatic heterocycles. The van der Waals surface area contributed by atoms with Gasteiger partial charge >= 0.3 is 0 Å². The fourth-order valence-electron chi connectivity index (χ4n) is 2.65. The number of aryl methyl sites for hydroxylation is 1. The summed E-state index contributed by atoms with van der Waals surface area (Å²) < 4.78 is 1.93. The summed E-state index contributed by atoms with van der Waals surface area (Å²) in [6.45, 7) is 1.97. The van der Waals surface area contributed by atoms with Gasteiger partial charge in [-0.25, -0.2) is 0 Å². The van der Waals surface area contributed by atoms with Crippen LogP contribution in [0.3, 0.4) is 0 Å². The zero-order valence-corrected chi connectivity index (χ0v) is 12.5.